The average molecular weight is 977 g/mol. The van der Waals surface area contributed by atoms with Gasteiger partial charge in [0.1, 0.15) is 28.8 Å². The Morgan fingerprint density at radius 3 is 1.90 bits per heavy atom. The standard InChI is InChI=1S/2C17H19N3O4S.I2/c1-10-8-18-15(11(2)16(10)24-4)9-25(21,22)17-19-13-6-5-12(23-3)7-14(13)20-17;1-10-15(18-7-11(8-21)16(10)24-3)9-25(22)17-19-13-5-4-12(23-2)6-14(13)20-17;1-2/h5-8H,9H2,1-4H3,(H,19,20);4-7,21H,8-9H2,1-3H3,(H,19,20);. The number of rotatable bonds is 11. The van der Waals surface area contributed by atoms with Crippen molar-refractivity contribution in [3.8, 4) is 23.0 Å². The van der Waals surface area contributed by atoms with Crippen molar-refractivity contribution in [3.05, 3.63) is 82.4 Å². The molecule has 1 unspecified atom stereocenters. The molecule has 0 saturated carbocycles. The fourth-order valence-corrected chi connectivity index (χ4v) is 7.71. The van der Waals surface area contributed by atoms with E-state index in [1.54, 1.807) is 64.9 Å². The third kappa shape index (κ3) is 9.30. The molecule has 3 N–H and O–H groups in total. The number of aliphatic hydroxyl groups excluding tert-OH is 1. The number of aliphatic hydroxyl groups is 1. The Bertz CT molecular complexity index is 2320. The first-order valence-corrected chi connectivity index (χ1v) is 24.6. The van der Waals surface area contributed by atoms with Crippen molar-refractivity contribution < 1.29 is 36.7 Å². The monoisotopic (exact) mass is 976 g/mol. The molecule has 0 bridgehead atoms. The molecule has 0 radical (unpaired) electrons. The second-order valence-corrected chi connectivity index (χ2v) is 14.5. The minimum absolute atomic E-state index is 0.0866. The van der Waals surface area contributed by atoms with Crippen LogP contribution in [0.4, 0.5) is 0 Å². The number of nitrogens with one attached hydrogen (secondary N) is 2. The van der Waals surface area contributed by atoms with Crippen molar-refractivity contribution in [1.82, 2.24) is 29.9 Å². The highest BCUT2D eigenvalue weighted by molar-refractivity contribution is 15.0. The van der Waals surface area contributed by atoms with Crippen LogP contribution in [0.25, 0.3) is 22.1 Å². The number of aromatic nitrogens is 6. The van der Waals surface area contributed by atoms with Gasteiger partial charge in [-0.3, -0.25) is 14.2 Å². The van der Waals surface area contributed by atoms with Crippen LogP contribution >= 0.6 is 37.2 Å². The van der Waals surface area contributed by atoms with Gasteiger partial charge >= 0.3 is 0 Å². The average Bonchev–Trinajstić information content (AvgIpc) is 3.79. The van der Waals surface area contributed by atoms with Gasteiger partial charge in [-0.15, -0.1) is 0 Å². The smallest absolute Gasteiger partial charge is 0.226 e. The number of hydrogen-bond donors (Lipinski definition) is 3. The number of pyridine rings is 2. The van der Waals surface area contributed by atoms with E-state index in [-0.39, 0.29) is 23.3 Å². The Kier molecular flexibility index (Phi) is 14.6. The van der Waals surface area contributed by atoms with Gasteiger partial charge < -0.3 is 34.0 Å². The number of aryl methyl sites for hydroxylation is 1. The molecule has 0 spiro atoms. The highest BCUT2D eigenvalue weighted by atomic mass is 128. The zero-order valence-corrected chi connectivity index (χ0v) is 35.4. The number of methoxy groups -OCH3 is 4. The Balaban J connectivity index is 0.000000222. The third-order valence-electron chi connectivity index (χ3n) is 8.01. The highest BCUT2D eigenvalue weighted by Gasteiger charge is 2.23. The van der Waals surface area contributed by atoms with Crippen molar-refractivity contribution >= 4 is 79.9 Å². The molecule has 0 aliphatic heterocycles. The topological polar surface area (TPSA) is 191 Å². The van der Waals surface area contributed by atoms with Gasteiger partial charge in [0.2, 0.25) is 15.0 Å². The van der Waals surface area contributed by atoms with Crippen molar-refractivity contribution in [2.75, 3.05) is 28.4 Å². The van der Waals surface area contributed by atoms with E-state index < -0.39 is 20.6 Å². The molecule has 0 amide bonds. The molecule has 2 aromatic carbocycles. The van der Waals surface area contributed by atoms with Crippen molar-refractivity contribution in [2.45, 2.75) is 49.2 Å². The van der Waals surface area contributed by atoms with Gasteiger partial charge in [-0.25, -0.2) is 18.4 Å². The molecule has 6 rings (SSSR count). The number of hydrogen-bond acceptors (Lipinski definition) is 12. The number of imidazole rings is 2. The van der Waals surface area contributed by atoms with Crippen LogP contribution in [0.1, 0.15) is 33.6 Å². The molecule has 0 aliphatic rings. The first kappa shape index (κ1) is 41.2. The third-order valence-corrected chi connectivity index (χ3v) is 10.6. The summed E-state index contributed by atoms with van der Waals surface area (Å²) in [5.74, 6) is 2.49. The van der Waals surface area contributed by atoms with Crippen LogP contribution in [0.5, 0.6) is 23.0 Å². The number of ether oxygens (including phenoxy) is 4. The summed E-state index contributed by atoms with van der Waals surface area (Å²) >= 11 is 4.24. The number of fused-ring (bicyclic) bond motifs is 2. The molecule has 4 aromatic heterocycles. The quantitative estimate of drug-likeness (QED) is 0.121. The number of aromatic amines is 2. The maximum Gasteiger partial charge on any atom is 0.226 e. The van der Waals surface area contributed by atoms with E-state index in [0.29, 0.717) is 61.7 Å². The molecule has 18 heteroatoms. The van der Waals surface area contributed by atoms with E-state index in [1.807, 2.05) is 26.0 Å². The molecule has 1 atom stereocenters. The predicted molar refractivity (Wildman–Crippen MR) is 216 cm³/mol. The summed E-state index contributed by atoms with van der Waals surface area (Å²) < 4.78 is 59.2. The lowest BCUT2D eigenvalue weighted by Gasteiger charge is -2.12. The summed E-state index contributed by atoms with van der Waals surface area (Å²) in [6, 6.07) is 10.6. The molecule has 6 aromatic rings. The van der Waals surface area contributed by atoms with Crippen LogP contribution < -0.4 is 18.9 Å². The van der Waals surface area contributed by atoms with Gasteiger partial charge in [0.05, 0.1) is 85.1 Å². The second kappa shape index (κ2) is 18.4. The molecule has 52 heavy (non-hydrogen) atoms. The molecule has 0 fully saturated rings. The van der Waals surface area contributed by atoms with Gasteiger partial charge in [0, 0.05) is 84.0 Å². The Labute approximate surface area is 327 Å². The minimum Gasteiger partial charge on any atom is -0.497 e. The number of halogens is 2. The Hall–Kier alpha value is -3.60. The SMILES string of the molecule is COc1ccc2nc(S(=O)(=O)Cc3ncc(C)c(OC)c3C)[nH]c2c1.COc1ccc2nc(S(=O)Cc3ncc(CO)c(OC)c3C)[nH]c2c1.II. The van der Waals surface area contributed by atoms with Crippen molar-refractivity contribution in [3.63, 3.8) is 0 Å². The van der Waals surface area contributed by atoms with Crippen LogP contribution in [0.3, 0.4) is 0 Å². The maximum atomic E-state index is 12.8. The molecule has 14 nitrogen and oxygen atoms in total. The van der Waals surface area contributed by atoms with E-state index in [2.05, 4.69) is 67.1 Å². The summed E-state index contributed by atoms with van der Waals surface area (Å²) in [7, 11) is 1.16. The van der Waals surface area contributed by atoms with Gasteiger partial charge in [-0.05, 0) is 45.0 Å². The van der Waals surface area contributed by atoms with Gasteiger partial charge in [0.25, 0.3) is 0 Å². The van der Waals surface area contributed by atoms with Gasteiger partial charge in [-0.2, -0.15) is 0 Å². The van der Waals surface area contributed by atoms with E-state index in [1.165, 1.54) is 7.11 Å². The normalized spacial score (nSPS) is 11.7. The first-order chi connectivity index (χ1) is 24.9. The summed E-state index contributed by atoms with van der Waals surface area (Å²) in [4.78, 5) is 23.1. The molecular formula is C34H38I2N6O8S2. The summed E-state index contributed by atoms with van der Waals surface area (Å²) in [6.45, 7) is 5.34. The van der Waals surface area contributed by atoms with Crippen LogP contribution in [0, 0.1) is 20.8 Å². The first-order valence-electron chi connectivity index (χ1n) is 15.4. The number of nitrogens with zero attached hydrogens (tertiary/aromatic N) is 4. The fourth-order valence-electron chi connectivity index (χ4n) is 5.32. The molecule has 0 saturated heterocycles. The highest BCUT2D eigenvalue weighted by Crippen LogP contribution is 2.29. The molecule has 0 aliphatic carbocycles. The fraction of sp³-hybridized carbons (Fsp3) is 0.294. The number of sulfone groups is 1. The summed E-state index contributed by atoms with van der Waals surface area (Å²) in [5.41, 5.74) is 6.68. The van der Waals surface area contributed by atoms with Crippen LogP contribution in [-0.4, -0.2) is 76.1 Å². The lowest BCUT2D eigenvalue weighted by atomic mass is 10.1. The zero-order valence-electron chi connectivity index (χ0n) is 29.4. The van der Waals surface area contributed by atoms with E-state index in [0.717, 1.165) is 22.2 Å². The Morgan fingerprint density at radius 2 is 1.33 bits per heavy atom. The second-order valence-electron chi connectivity index (χ2n) is 11.2. The lowest BCUT2D eigenvalue weighted by Crippen LogP contribution is -2.10. The predicted octanol–water partition coefficient (Wildman–Crippen LogP) is 6.42. The van der Waals surface area contributed by atoms with Crippen molar-refractivity contribution in [1.29, 1.82) is 0 Å². The summed E-state index contributed by atoms with van der Waals surface area (Å²) in [5, 5.41) is 9.64. The van der Waals surface area contributed by atoms with E-state index >= 15 is 0 Å². The summed E-state index contributed by atoms with van der Waals surface area (Å²) in [6.07, 6.45) is 3.15. The molecule has 4 heterocycles. The van der Waals surface area contributed by atoms with E-state index in [9.17, 15) is 17.7 Å². The maximum absolute atomic E-state index is 12.8. The lowest BCUT2D eigenvalue weighted by molar-refractivity contribution is 0.272. The van der Waals surface area contributed by atoms with Crippen LogP contribution in [-0.2, 0) is 38.7 Å². The Morgan fingerprint density at radius 1 is 0.769 bits per heavy atom. The van der Waals surface area contributed by atoms with Gasteiger partial charge in [0.15, 0.2) is 5.16 Å². The van der Waals surface area contributed by atoms with Crippen LogP contribution in [0.15, 0.2) is 59.1 Å². The number of benzene rings is 2. The number of H-pyrrole nitrogens is 2. The molecule has 278 valence electrons. The zero-order chi connectivity index (χ0) is 38.2. The van der Waals surface area contributed by atoms with Gasteiger partial charge in [-0.1, -0.05) is 0 Å². The van der Waals surface area contributed by atoms with E-state index in [4.69, 9.17) is 18.9 Å². The van der Waals surface area contributed by atoms with Crippen molar-refractivity contribution in [2.24, 2.45) is 0 Å². The minimum atomic E-state index is -3.68. The van der Waals surface area contributed by atoms with Crippen LogP contribution in [0.2, 0.25) is 0 Å². The largest absolute Gasteiger partial charge is 0.497 e. The molecular weight excluding hydrogens is 938 g/mol.